The van der Waals surface area contributed by atoms with Crippen LogP contribution in [0, 0.1) is 20.8 Å². The Morgan fingerprint density at radius 1 is 1.04 bits per heavy atom. The number of carbonyl (C=O) groups is 2. The van der Waals surface area contributed by atoms with Gasteiger partial charge in [-0.3, -0.25) is 9.59 Å². The average molecular weight is 351 g/mol. The fourth-order valence-electron chi connectivity index (χ4n) is 2.77. The molecule has 0 aliphatic carbocycles. The Balaban J connectivity index is 1.99. The molecule has 0 heterocycles. The Morgan fingerprint density at radius 2 is 1.65 bits per heavy atom. The van der Waals surface area contributed by atoms with E-state index >= 15 is 0 Å². The van der Waals surface area contributed by atoms with E-state index < -0.39 is 0 Å². The van der Waals surface area contributed by atoms with Crippen LogP contribution in [0.3, 0.4) is 0 Å². The molecule has 2 N–H and O–H groups in total. The van der Waals surface area contributed by atoms with Gasteiger partial charge in [0.15, 0.2) is 0 Å². The molecule has 2 aromatic rings. The van der Waals surface area contributed by atoms with Crippen LogP contribution in [0.25, 0.3) is 0 Å². The van der Waals surface area contributed by atoms with E-state index in [0.717, 1.165) is 23.1 Å². The normalized spacial score (nSPS) is 10.8. The third-order valence-corrected chi connectivity index (χ3v) is 4.01. The fourth-order valence-corrected chi connectivity index (χ4v) is 2.77. The van der Waals surface area contributed by atoms with Crippen LogP contribution in [0.15, 0.2) is 41.5 Å². The van der Waals surface area contributed by atoms with Crippen molar-refractivity contribution in [1.82, 2.24) is 5.43 Å². The van der Waals surface area contributed by atoms with Crippen molar-refractivity contribution in [1.29, 1.82) is 0 Å². The zero-order valence-electron chi connectivity index (χ0n) is 15.7. The van der Waals surface area contributed by atoms with Crippen molar-refractivity contribution in [3.8, 4) is 0 Å². The molecule has 0 aliphatic rings. The first kappa shape index (κ1) is 19.4. The topological polar surface area (TPSA) is 70.6 Å². The van der Waals surface area contributed by atoms with E-state index in [4.69, 9.17) is 0 Å². The van der Waals surface area contributed by atoms with E-state index in [2.05, 4.69) is 34.9 Å². The minimum absolute atomic E-state index is 0.0295. The summed E-state index contributed by atoms with van der Waals surface area (Å²) in [5.41, 5.74) is 8.14. The van der Waals surface area contributed by atoms with Crippen molar-refractivity contribution < 1.29 is 9.59 Å². The van der Waals surface area contributed by atoms with Gasteiger partial charge in [0.25, 0.3) is 5.91 Å². The molecule has 0 spiro atoms. The van der Waals surface area contributed by atoms with Gasteiger partial charge in [-0.15, -0.1) is 0 Å². The Kier molecular flexibility index (Phi) is 6.67. The Bertz CT molecular complexity index is 801. The number of aryl methyl sites for hydroxylation is 3. The van der Waals surface area contributed by atoms with Gasteiger partial charge in [-0.1, -0.05) is 24.6 Å². The van der Waals surface area contributed by atoms with Crippen LogP contribution < -0.4 is 10.7 Å². The molecule has 26 heavy (non-hydrogen) atoms. The number of nitrogens with one attached hydrogen (secondary N) is 2. The number of hydrogen-bond acceptors (Lipinski definition) is 3. The smallest absolute Gasteiger partial charge is 0.271 e. The molecule has 0 unspecified atom stereocenters. The number of hydrogen-bond donors (Lipinski definition) is 2. The maximum absolute atomic E-state index is 12.2. The first-order valence-electron chi connectivity index (χ1n) is 8.72. The summed E-state index contributed by atoms with van der Waals surface area (Å²) in [6.45, 7) is 8.05. The highest BCUT2D eigenvalue weighted by atomic mass is 16.2. The number of carbonyl (C=O) groups excluding carboxylic acids is 2. The molecule has 2 rings (SSSR count). The van der Waals surface area contributed by atoms with Gasteiger partial charge >= 0.3 is 0 Å². The zero-order chi connectivity index (χ0) is 19.1. The van der Waals surface area contributed by atoms with Gasteiger partial charge < -0.3 is 5.32 Å². The number of amides is 2. The lowest BCUT2D eigenvalue weighted by atomic mass is 10.0. The molecular weight excluding hydrogens is 326 g/mol. The number of rotatable bonds is 6. The van der Waals surface area contributed by atoms with Gasteiger partial charge in [-0.2, -0.15) is 5.10 Å². The Hall–Kier alpha value is -2.95. The van der Waals surface area contributed by atoms with Gasteiger partial charge in [0.2, 0.25) is 5.91 Å². The zero-order valence-corrected chi connectivity index (χ0v) is 15.7. The SMILES string of the molecule is CCCC(=O)Nc1ccc(C(=O)N/N=C/c2c(C)cc(C)cc2C)cc1. The largest absolute Gasteiger partial charge is 0.326 e. The maximum atomic E-state index is 12.2. The third-order valence-electron chi connectivity index (χ3n) is 4.01. The van der Waals surface area contributed by atoms with Gasteiger partial charge in [0.1, 0.15) is 0 Å². The molecular formula is C21H25N3O2. The molecule has 0 fully saturated rings. The molecule has 136 valence electrons. The first-order chi connectivity index (χ1) is 12.4. The Morgan fingerprint density at radius 3 is 2.23 bits per heavy atom. The van der Waals surface area contributed by atoms with Crippen LogP contribution in [0.5, 0.6) is 0 Å². The van der Waals surface area contributed by atoms with E-state index in [1.165, 1.54) is 5.56 Å². The van der Waals surface area contributed by atoms with Crippen LogP contribution in [0.1, 0.15) is 52.4 Å². The summed E-state index contributed by atoms with van der Waals surface area (Å²) in [6, 6.07) is 10.9. The van der Waals surface area contributed by atoms with Crippen molar-refractivity contribution in [2.75, 3.05) is 5.32 Å². The summed E-state index contributed by atoms with van der Waals surface area (Å²) in [6.07, 6.45) is 2.94. The molecule has 0 aliphatic heterocycles. The number of anilines is 1. The van der Waals surface area contributed by atoms with E-state index in [0.29, 0.717) is 17.7 Å². The quantitative estimate of drug-likeness (QED) is 0.607. The van der Waals surface area contributed by atoms with E-state index in [1.54, 1.807) is 30.5 Å². The van der Waals surface area contributed by atoms with Crippen LogP contribution in [-0.4, -0.2) is 18.0 Å². The predicted octanol–water partition coefficient (Wildman–Crippen LogP) is 4.11. The van der Waals surface area contributed by atoms with Crippen LogP contribution in [0.4, 0.5) is 5.69 Å². The molecule has 0 radical (unpaired) electrons. The van der Waals surface area contributed by atoms with Crippen molar-refractivity contribution in [3.05, 3.63) is 64.2 Å². The van der Waals surface area contributed by atoms with Gasteiger partial charge in [-0.25, -0.2) is 5.43 Å². The summed E-state index contributed by atoms with van der Waals surface area (Å²) in [7, 11) is 0. The molecule has 0 atom stereocenters. The highest BCUT2D eigenvalue weighted by molar-refractivity contribution is 5.96. The van der Waals surface area contributed by atoms with E-state index in [-0.39, 0.29) is 11.8 Å². The minimum atomic E-state index is -0.296. The molecule has 0 bridgehead atoms. The van der Waals surface area contributed by atoms with Gasteiger partial charge in [-0.05, 0) is 62.6 Å². The lowest BCUT2D eigenvalue weighted by Crippen LogP contribution is -2.18. The Labute approximate surface area is 154 Å². The van der Waals surface area contributed by atoms with Gasteiger partial charge in [0, 0.05) is 23.2 Å². The van der Waals surface area contributed by atoms with E-state index in [1.807, 2.05) is 20.8 Å². The first-order valence-corrected chi connectivity index (χ1v) is 8.72. The number of hydrazone groups is 1. The second-order valence-corrected chi connectivity index (χ2v) is 6.39. The summed E-state index contributed by atoms with van der Waals surface area (Å²) in [4.78, 5) is 23.8. The predicted molar refractivity (Wildman–Crippen MR) is 106 cm³/mol. The lowest BCUT2D eigenvalue weighted by molar-refractivity contribution is -0.116. The fraction of sp³-hybridized carbons (Fsp3) is 0.286. The minimum Gasteiger partial charge on any atom is -0.326 e. The molecule has 0 saturated carbocycles. The third kappa shape index (κ3) is 5.28. The van der Waals surface area contributed by atoms with Crippen molar-refractivity contribution in [3.63, 3.8) is 0 Å². The summed E-state index contributed by atoms with van der Waals surface area (Å²) >= 11 is 0. The van der Waals surface area contributed by atoms with Crippen molar-refractivity contribution >= 4 is 23.7 Å². The summed E-state index contributed by atoms with van der Waals surface area (Å²) in [5.74, 6) is -0.326. The van der Waals surface area contributed by atoms with Crippen molar-refractivity contribution in [2.45, 2.75) is 40.5 Å². The molecule has 0 aromatic heterocycles. The standard InChI is InChI=1S/C21H25N3O2/c1-5-6-20(25)23-18-9-7-17(8-10-18)21(26)24-22-13-19-15(3)11-14(2)12-16(19)4/h7-13H,5-6H2,1-4H3,(H,23,25)(H,24,26)/b22-13+. The summed E-state index contributed by atoms with van der Waals surface area (Å²) < 4.78 is 0. The molecule has 0 saturated heterocycles. The second kappa shape index (κ2) is 8.94. The number of nitrogens with zero attached hydrogens (tertiary/aromatic N) is 1. The monoisotopic (exact) mass is 351 g/mol. The van der Waals surface area contributed by atoms with Crippen LogP contribution >= 0.6 is 0 Å². The summed E-state index contributed by atoms with van der Waals surface area (Å²) in [5, 5.41) is 6.86. The van der Waals surface area contributed by atoms with Crippen LogP contribution in [-0.2, 0) is 4.79 Å². The molecule has 2 aromatic carbocycles. The molecule has 5 heteroatoms. The van der Waals surface area contributed by atoms with Gasteiger partial charge in [0.05, 0.1) is 6.21 Å². The van der Waals surface area contributed by atoms with Crippen LogP contribution in [0.2, 0.25) is 0 Å². The van der Waals surface area contributed by atoms with Crippen molar-refractivity contribution in [2.24, 2.45) is 5.10 Å². The highest BCUT2D eigenvalue weighted by Crippen LogP contribution is 2.14. The van der Waals surface area contributed by atoms with E-state index in [9.17, 15) is 9.59 Å². The lowest BCUT2D eigenvalue weighted by Gasteiger charge is -2.07. The number of benzene rings is 2. The average Bonchev–Trinajstić information content (AvgIpc) is 2.57. The molecule has 2 amide bonds. The second-order valence-electron chi connectivity index (χ2n) is 6.39. The maximum Gasteiger partial charge on any atom is 0.271 e. The molecule has 5 nitrogen and oxygen atoms in total. The highest BCUT2D eigenvalue weighted by Gasteiger charge is 2.06.